The third kappa shape index (κ3) is 4.77. The molecule has 4 amide bonds. The number of fused-ring (bicyclic) bond motifs is 5. The zero-order valence-electron chi connectivity index (χ0n) is 30.2. The zero-order chi connectivity index (χ0) is 37.2. The predicted molar refractivity (Wildman–Crippen MR) is 199 cm³/mol. The Kier molecular flexibility index (Phi) is 7.83. The molecule has 1 saturated carbocycles. The number of phenols is 1. The molecule has 4 aliphatic rings. The number of benzene rings is 2. The molecule has 2 aromatic heterocycles. The molecule has 2 saturated heterocycles. The van der Waals surface area contributed by atoms with E-state index in [0.717, 1.165) is 26.1 Å². The molecule has 4 heterocycles. The summed E-state index contributed by atoms with van der Waals surface area (Å²) in [5.41, 5.74) is 1.26. The van der Waals surface area contributed by atoms with Gasteiger partial charge >= 0.3 is 0 Å². The van der Waals surface area contributed by atoms with E-state index in [1.165, 1.54) is 9.80 Å². The van der Waals surface area contributed by atoms with Crippen molar-refractivity contribution in [3.63, 3.8) is 0 Å². The molecule has 270 valence electrons. The van der Waals surface area contributed by atoms with Crippen LogP contribution in [0.25, 0.3) is 20.7 Å². The number of aromatic nitrogens is 2. The second-order valence-corrected chi connectivity index (χ2v) is 17.2. The number of aromatic hydroxyl groups is 1. The van der Waals surface area contributed by atoms with Crippen LogP contribution in [0.3, 0.4) is 0 Å². The summed E-state index contributed by atoms with van der Waals surface area (Å²) in [6, 6.07) is 12.6. The van der Waals surface area contributed by atoms with Crippen molar-refractivity contribution >= 4 is 62.5 Å². The number of anilines is 1. The lowest BCUT2D eigenvalue weighted by Crippen LogP contribution is -2.49. The largest absolute Gasteiger partial charge is 0.504 e. The number of likely N-dealkylation sites (tertiary alicyclic amines) is 1. The Bertz CT molecular complexity index is 2270. The van der Waals surface area contributed by atoms with E-state index in [1.807, 2.05) is 65.8 Å². The number of phenolic OH excluding ortho intramolecular Hbond substituents is 1. The van der Waals surface area contributed by atoms with Gasteiger partial charge in [-0.25, -0.2) is 4.90 Å². The van der Waals surface area contributed by atoms with E-state index >= 15 is 4.79 Å². The van der Waals surface area contributed by atoms with Gasteiger partial charge in [-0.2, -0.15) is 5.10 Å². The summed E-state index contributed by atoms with van der Waals surface area (Å²) in [4.78, 5) is 61.5. The summed E-state index contributed by atoms with van der Waals surface area (Å²) in [5.74, 6) is -3.61. The van der Waals surface area contributed by atoms with Crippen LogP contribution in [0.1, 0.15) is 64.5 Å². The van der Waals surface area contributed by atoms with Gasteiger partial charge in [0.25, 0.3) is 0 Å². The van der Waals surface area contributed by atoms with Crippen molar-refractivity contribution in [2.24, 2.45) is 36.1 Å². The van der Waals surface area contributed by atoms with Crippen LogP contribution >= 0.6 is 22.9 Å². The summed E-state index contributed by atoms with van der Waals surface area (Å²) in [5, 5.41) is 17.1. The van der Waals surface area contributed by atoms with Crippen molar-refractivity contribution < 1.29 is 29.0 Å². The van der Waals surface area contributed by atoms with Gasteiger partial charge in [0.1, 0.15) is 11.5 Å². The molecular formula is C40H41ClN4O6S. The molecule has 1 N–H and O–H groups in total. The van der Waals surface area contributed by atoms with Gasteiger partial charge in [-0.15, -0.1) is 11.3 Å². The first-order chi connectivity index (χ1) is 24.6. The van der Waals surface area contributed by atoms with Crippen molar-refractivity contribution in [3.05, 3.63) is 70.3 Å². The summed E-state index contributed by atoms with van der Waals surface area (Å²) >= 11 is 7.89. The molecule has 2 aliphatic carbocycles. The molecule has 12 heteroatoms. The maximum atomic E-state index is 15.1. The van der Waals surface area contributed by atoms with E-state index in [2.05, 4.69) is 0 Å². The molecule has 6 unspecified atom stereocenters. The van der Waals surface area contributed by atoms with E-state index in [-0.39, 0.29) is 41.5 Å². The van der Waals surface area contributed by atoms with Gasteiger partial charge in [-0.3, -0.25) is 28.8 Å². The highest BCUT2D eigenvalue weighted by atomic mass is 35.5. The highest BCUT2D eigenvalue weighted by Gasteiger charge is 2.68. The molecule has 4 aromatic rings. The van der Waals surface area contributed by atoms with Crippen LogP contribution in [0, 0.1) is 36.0 Å². The third-order valence-corrected chi connectivity index (χ3v) is 13.3. The Morgan fingerprint density at radius 1 is 1.04 bits per heavy atom. The number of imide groups is 2. The molecule has 10 nitrogen and oxygen atoms in total. The van der Waals surface area contributed by atoms with Crippen LogP contribution in [0.5, 0.6) is 11.5 Å². The van der Waals surface area contributed by atoms with Crippen LogP contribution in [0.2, 0.25) is 5.02 Å². The maximum Gasteiger partial charge on any atom is 0.242 e. The smallest absolute Gasteiger partial charge is 0.242 e. The fourth-order valence-electron chi connectivity index (χ4n) is 9.47. The second kappa shape index (κ2) is 11.8. The number of allylic oxidation sites excluding steroid dienone is 2. The number of ether oxygens (including phenoxy) is 1. The van der Waals surface area contributed by atoms with Crippen LogP contribution < -0.4 is 9.64 Å². The number of carbonyl (C=O) groups excluding carboxylic acids is 4. The Morgan fingerprint density at radius 2 is 1.79 bits per heavy atom. The average molecular weight is 741 g/mol. The van der Waals surface area contributed by atoms with E-state index in [4.69, 9.17) is 21.4 Å². The molecule has 52 heavy (non-hydrogen) atoms. The van der Waals surface area contributed by atoms with Gasteiger partial charge in [0, 0.05) is 34.3 Å². The topological polar surface area (TPSA) is 122 Å². The third-order valence-electron chi connectivity index (χ3n) is 11.8. The lowest BCUT2D eigenvalue weighted by molar-refractivity contribution is -0.145. The highest BCUT2D eigenvalue weighted by molar-refractivity contribution is 7.22. The van der Waals surface area contributed by atoms with E-state index in [9.17, 15) is 19.5 Å². The second-order valence-electron chi connectivity index (χ2n) is 15.7. The van der Waals surface area contributed by atoms with Crippen molar-refractivity contribution in [2.45, 2.75) is 65.8 Å². The van der Waals surface area contributed by atoms with Crippen LogP contribution in [-0.4, -0.2) is 55.6 Å². The molecule has 3 fully saturated rings. The fraction of sp³-hybridized carbons (Fsp3) is 0.425. The van der Waals surface area contributed by atoms with Crippen molar-refractivity contribution in [1.29, 1.82) is 0 Å². The predicted octanol–water partition coefficient (Wildman–Crippen LogP) is 7.40. The van der Waals surface area contributed by atoms with E-state index < -0.39 is 40.5 Å². The fourth-order valence-corrected chi connectivity index (χ4v) is 10.8. The number of rotatable bonds is 5. The molecule has 0 radical (unpaired) electrons. The molecule has 0 spiro atoms. The molecule has 0 bridgehead atoms. The monoisotopic (exact) mass is 740 g/mol. The maximum absolute atomic E-state index is 15.1. The Morgan fingerprint density at radius 3 is 2.50 bits per heavy atom. The average Bonchev–Trinajstić information content (AvgIpc) is 3.75. The number of amides is 4. The van der Waals surface area contributed by atoms with Gasteiger partial charge in [0.2, 0.25) is 23.6 Å². The van der Waals surface area contributed by atoms with Crippen molar-refractivity contribution in [2.75, 3.05) is 11.5 Å². The first-order valence-corrected chi connectivity index (χ1v) is 18.9. The number of carbonyl (C=O) groups is 4. The Balaban J connectivity index is 1.26. The minimum Gasteiger partial charge on any atom is -0.504 e. The van der Waals surface area contributed by atoms with E-state index in [1.54, 1.807) is 47.3 Å². The quantitative estimate of drug-likeness (QED) is 0.167. The Hall–Kier alpha value is -4.48. The van der Waals surface area contributed by atoms with Gasteiger partial charge in [0.15, 0.2) is 11.5 Å². The number of hydrogen-bond acceptors (Lipinski definition) is 8. The lowest BCUT2D eigenvalue weighted by atomic mass is 9.51. The number of nitrogens with zero attached hydrogens (tertiary/aromatic N) is 4. The SMILES string of the molecule is CCOc1cc(C2C3=CCC4C(=O)N(C(C)(C)C)C(=O)C4C3CC3C(=O)N(c4cc(-c5sc6ccc(Cl)cc6c5C)nn4C)C(=O)C32C)ccc1O. The number of halogens is 1. The van der Waals surface area contributed by atoms with Crippen LogP contribution in [-0.2, 0) is 26.2 Å². The van der Waals surface area contributed by atoms with Crippen LogP contribution in [0.15, 0.2) is 54.1 Å². The molecule has 6 atom stereocenters. The normalized spacial score (nSPS) is 27.3. The summed E-state index contributed by atoms with van der Waals surface area (Å²) in [7, 11) is 1.73. The number of aryl methyl sites for hydroxylation is 2. The molecule has 2 aromatic carbocycles. The van der Waals surface area contributed by atoms with Crippen molar-refractivity contribution in [3.8, 4) is 22.1 Å². The molecule has 8 rings (SSSR count). The summed E-state index contributed by atoms with van der Waals surface area (Å²) in [6.07, 6.45) is 2.63. The first kappa shape index (κ1) is 34.6. The Labute approximate surface area is 311 Å². The summed E-state index contributed by atoms with van der Waals surface area (Å²) in [6.45, 7) is 11.6. The zero-order valence-corrected chi connectivity index (χ0v) is 31.8. The summed E-state index contributed by atoms with van der Waals surface area (Å²) < 4.78 is 8.41. The standard InChI is InChI=1S/C40H41ClN4O6S/c1-8-51-29-15-20(9-13-28(29)46)33-22-11-12-23-32(37(49)45(35(23)47)39(3,4)5)25(22)17-26-36(48)44(38(50)40(26,33)6)31-18-27(42-43(31)7)34-19(2)24-16-21(41)10-14-30(24)52-34/h9-11,13-16,18,23,25-26,32-33,46H,8,12,17H2,1-7H3. The van der Waals surface area contributed by atoms with Gasteiger partial charge in [-0.1, -0.05) is 29.3 Å². The molecule has 2 aliphatic heterocycles. The van der Waals surface area contributed by atoms with E-state index in [0.29, 0.717) is 35.1 Å². The molecular weight excluding hydrogens is 700 g/mol. The van der Waals surface area contributed by atoms with Crippen molar-refractivity contribution in [1.82, 2.24) is 14.7 Å². The van der Waals surface area contributed by atoms with Gasteiger partial charge < -0.3 is 9.84 Å². The number of hydrogen-bond donors (Lipinski definition) is 1. The van der Waals surface area contributed by atoms with Gasteiger partial charge in [0.05, 0.1) is 34.7 Å². The van der Waals surface area contributed by atoms with Gasteiger partial charge in [-0.05, 0) is 107 Å². The minimum absolute atomic E-state index is 0.0357. The minimum atomic E-state index is -1.25. The van der Waals surface area contributed by atoms with Crippen LogP contribution in [0.4, 0.5) is 5.82 Å². The lowest BCUT2D eigenvalue weighted by Gasteiger charge is -2.49. The first-order valence-electron chi connectivity index (χ1n) is 17.7. The highest BCUT2D eigenvalue weighted by Crippen LogP contribution is 2.64. The number of thiophene rings is 1.